The van der Waals surface area contributed by atoms with Crippen molar-refractivity contribution in [3.8, 4) is 0 Å². The van der Waals surface area contributed by atoms with Gasteiger partial charge in [0.25, 0.3) is 0 Å². The molecular weight excluding hydrogens is 445 g/mol. The van der Waals surface area contributed by atoms with Crippen LogP contribution in [0, 0.1) is 12.7 Å². The zero-order valence-electron chi connectivity index (χ0n) is 17.2. The smallest absolute Gasteiger partial charge is 0.241 e. The van der Waals surface area contributed by atoms with Gasteiger partial charge in [0.05, 0.1) is 10.6 Å². The van der Waals surface area contributed by atoms with Gasteiger partial charge in [-0.15, -0.1) is 0 Å². The van der Waals surface area contributed by atoms with Crippen LogP contribution >= 0.6 is 0 Å². The molecule has 11 heteroatoms. The number of halogens is 1. The summed E-state index contributed by atoms with van der Waals surface area (Å²) >= 11 is 0. The van der Waals surface area contributed by atoms with E-state index in [4.69, 9.17) is 0 Å². The summed E-state index contributed by atoms with van der Waals surface area (Å²) in [6.45, 7) is 3.39. The Kier molecular flexibility index (Phi) is 6.68. The summed E-state index contributed by atoms with van der Waals surface area (Å²) < 4.78 is 63.8. The Morgan fingerprint density at radius 2 is 1.71 bits per heavy atom. The number of anilines is 2. The van der Waals surface area contributed by atoms with Crippen LogP contribution in [-0.4, -0.2) is 65.2 Å². The Morgan fingerprint density at radius 3 is 2.32 bits per heavy atom. The van der Waals surface area contributed by atoms with Crippen LogP contribution in [0.4, 0.5) is 15.8 Å². The molecule has 0 aromatic heterocycles. The van der Waals surface area contributed by atoms with Crippen molar-refractivity contribution < 1.29 is 26.0 Å². The molecule has 8 nitrogen and oxygen atoms in total. The number of sulfonamides is 1. The second-order valence-corrected chi connectivity index (χ2v) is 11.4. The summed E-state index contributed by atoms with van der Waals surface area (Å²) in [5.74, 6) is -2.66. The molecule has 0 saturated carbocycles. The third-order valence-corrected chi connectivity index (χ3v) is 7.84. The largest absolute Gasteiger partial charge is 0.369 e. The van der Waals surface area contributed by atoms with Gasteiger partial charge in [-0.2, -0.15) is 4.31 Å². The number of hydrogen-bond acceptors (Lipinski definition) is 6. The highest BCUT2D eigenvalue weighted by Gasteiger charge is 2.29. The van der Waals surface area contributed by atoms with Gasteiger partial charge in [-0.3, -0.25) is 4.79 Å². The maximum Gasteiger partial charge on any atom is 0.241 e. The van der Waals surface area contributed by atoms with Gasteiger partial charge in [0.2, 0.25) is 15.9 Å². The molecule has 1 heterocycles. The minimum atomic E-state index is -3.91. The zero-order valence-corrected chi connectivity index (χ0v) is 18.8. The van der Waals surface area contributed by atoms with E-state index in [0.717, 1.165) is 35.7 Å². The van der Waals surface area contributed by atoms with Crippen molar-refractivity contribution in [2.45, 2.75) is 11.8 Å². The second kappa shape index (κ2) is 8.93. The minimum Gasteiger partial charge on any atom is -0.369 e. The first-order valence-corrected chi connectivity index (χ1v) is 13.0. The number of amides is 1. The highest BCUT2D eigenvalue weighted by Crippen LogP contribution is 2.21. The molecule has 0 bridgehead atoms. The lowest BCUT2D eigenvalue weighted by Gasteiger charge is -2.35. The van der Waals surface area contributed by atoms with Crippen LogP contribution in [-0.2, 0) is 24.7 Å². The molecule has 1 N–H and O–H groups in total. The number of sulfone groups is 1. The third-order valence-electron chi connectivity index (χ3n) is 4.95. The number of nitrogens with one attached hydrogen (secondary N) is 1. The predicted molar refractivity (Wildman–Crippen MR) is 117 cm³/mol. The summed E-state index contributed by atoms with van der Waals surface area (Å²) in [4.78, 5) is 14.2. The maximum absolute atomic E-state index is 14.0. The van der Waals surface area contributed by atoms with Crippen LogP contribution < -0.4 is 10.2 Å². The number of piperazine rings is 1. The topological polar surface area (TPSA) is 104 Å². The highest BCUT2D eigenvalue weighted by atomic mass is 32.2. The quantitative estimate of drug-likeness (QED) is 0.645. The average molecular weight is 470 g/mol. The van der Waals surface area contributed by atoms with E-state index in [-0.39, 0.29) is 23.7 Å². The normalized spacial score (nSPS) is 15.6. The zero-order chi connectivity index (χ0) is 22.8. The van der Waals surface area contributed by atoms with Crippen molar-refractivity contribution in [1.82, 2.24) is 4.31 Å². The molecular formula is C20H24FN3O5S2. The molecule has 0 aliphatic carbocycles. The molecule has 3 rings (SSSR count). The molecule has 2 aromatic rings. The standard InChI is InChI=1S/C20H24FN3O5S2/c1-15-4-3-5-16(12-15)23-8-10-24(11-9-23)31(28,29)14-20(25)22-19-13-17(30(2,26)27)6-7-18(19)21/h3-7,12-13H,8-11,14H2,1-2H3,(H,22,25). The summed E-state index contributed by atoms with van der Waals surface area (Å²) in [5, 5.41) is 2.16. The Hall–Kier alpha value is -2.50. The lowest BCUT2D eigenvalue weighted by atomic mass is 10.2. The summed E-state index contributed by atoms with van der Waals surface area (Å²) in [6.07, 6.45) is 0.951. The molecule has 168 valence electrons. The SMILES string of the molecule is Cc1cccc(N2CCN(S(=O)(=O)CC(=O)Nc3cc(S(C)(=O)=O)ccc3F)CC2)c1. The van der Waals surface area contributed by atoms with Gasteiger partial charge >= 0.3 is 0 Å². The van der Waals surface area contributed by atoms with Crippen molar-refractivity contribution >= 4 is 37.1 Å². The van der Waals surface area contributed by atoms with Crippen LogP contribution in [0.2, 0.25) is 0 Å². The number of aryl methyl sites for hydroxylation is 1. The van der Waals surface area contributed by atoms with Gasteiger partial charge in [0, 0.05) is 38.1 Å². The molecule has 0 radical (unpaired) electrons. The molecule has 0 spiro atoms. The van der Waals surface area contributed by atoms with E-state index in [1.807, 2.05) is 31.2 Å². The maximum atomic E-state index is 14.0. The fourth-order valence-corrected chi connectivity index (χ4v) is 5.28. The molecule has 1 fully saturated rings. The van der Waals surface area contributed by atoms with E-state index >= 15 is 0 Å². The van der Waals surface area contributed by atoms with Crippen molar-refractivity contribution in [2.24, 2.45) is 0 Å². The second-order valence-electron chi connectivity index (χ2n) is 7.44. The van der Waals surface area contributed by atoms with Gasteiger partial charge in [-0.25, -0.2) is 21.2 Å². The molecule has 1 aliphatic heterocycles. The van der Waals surface area contributed by atoms with Gasteiger partial charge < -0.3 is 10.2 Å². The molecule has 1 aliphatic rings. The fourth-order valence-electron chi connectivity index (χ4n) is 3.32. The first kappa shape index (κ1) is 23.2. The van der Waals surface area contributed by atoms with E-state index in [0.29, 0.717) is 13.1 Å². The fraction of sp³-hybridized carbons (Fsp3) is 0.350. The van der Waals surface area contributed by atoms with E-state index in [2.05, 4.69) is 10.2 Å². The Balaban J connectivity index is 1.63. The van der Waals surface area contributed by atoms with Crippen LogP contribution in [0.5, 0.6) is 0 Å². The average Bonchev–Trinajstić information content (AvgIpc) is 2.68. The van der Waals surface area contributed by atoms with Crippen LogP contribution in [0.1, 0.15) is 5.56 Å². The lowest BCUT2D eigenvalue weighted by molar-refractivity contribution is -0.114. The molecule has 1 amide bonds. The number of carbonyl (C=O) groups excluding carboxylic acids is 1. The van der Waals surface area contributed by atoms with Crippen molar-refractivity contribution in [2.75, 3.05) is 48.4 Å². The number of carbonyl (C=O) groups is 1. The van der Waals surface area contributed by atoms with Crippen molar-refractivity contribution in [1.29, 1.82) is 0 Å². The van der Waals surface area contributed by atoms with Crippen LogP contribution in [0.3, 0.4) is 0 Å². The van der Waals surface area contributed by atoms with Gasteiger partial charge in [-0.05, 0) is 42.8 Å². The first-order valence-electron chi connectivity index (χ1n) is 9.54. The predicted octanol–water partition coefficient (Wildman–Crippen LogP) is 1.63. The summed E-state index contributed by atoms with van der Waals surface area (Å²) in [5.41, 5.74) is 1.74. The number of hydrogen-bond donors (Lipinski definition) is 1. The van der Waals surface area contributed by atoms with Gasteiger partial charge in [0.15, 0.2) is 9.84 Å². The molecule has 1 saturated heterocycles. The minimum absolute atomic E-state index is 0.181. The third kappa shape index (κ3) is 5.81. The van der Waals surface area contributed by atoms with Crippen molar-refractivity contribution in [3.05, 3.63) is 53.8 Å². The van der Waals surface area contributed by atoms with E-state index in [1.165, 1.54) is 4.31 Å². The van der Waals surface area contributed by atoms with Crippen LogP contribution in [0.15, 0.2) is 47.4 Å². The van der Waals surface area contributed by atoms with E-state index < -0.39 is 37.3 Å². The molecule has 0 unspecified atom stereocenters. The molecule has 0 atom stereocenters. The van der Waals surface area contributed by atoms with Crippen LogP contribution in [0.25, 0.3) is 0 Å². The van der Waals surface area contributed by atoms with E-state index in [1.54, 1.807) is 0 Å². The Morgan fingerprint density at radius 1 is 1.03 bits per heavy atom. The first-order chi connectivity index (χ1) is 14.5. The van der Waals surface area contributed by atoms with Gasteiger partial charge in [-0.1, -0.05) is 12.1 Å². The molecule has 2 aromatic carbocycles. The summed E-state index contributed by atoms with van der Waals surface area (Å²) in [7, 11) is -7.52. The Bertz CT molecular complexity index is 1190. The highest BCUT2D eigenvalue weighted by molar-refractivity contribution is 7.90. The van der Waals surface area contributed by atoms with Gasteiger partial charge in [0.1, 0.15) is 11.6 Å². The lowest BCUT2D eigenvalue weighted by Crippen LogP contribution is -2.50. The van der Waals surface area contributed by atoms with E-state index in [9.17, 15) is 26.0 Å². The number of benzene rings is 2. The Labute approximate surface area is 181 Å². The molecule has 31 heavy (non-hydrogen) atoms. The van der Waals surface area contributed by atoms with Crippen molar-refractivity contribution in [3.63, 3.8) is 0 Å². The number of rotatable bonds is 6. The monoisotopic (exact) mass is 469 g/mol. The number of nitrogens with zero attached hydrogens (tertiary/aromatic N) is 2. The summed E-state index contributed by atoms with van der Waals surface area (Å²) in [6, 6.07) is 10.9.